The van der Waals surface area contributed by atoms with Gasteiger partial charge in [-0.15, -0.1) is 0 Å². The predicted octanol–water partition coefficient (Wildman–Crippen LogP) is 2.10. The molecule has 1 unspecified atom stereocenters. The molecule has 0 aromatic heterocycles. The van der Waals surface area contributed by atoms with Gasteiger partial charge >= 0.3 is 5.97 Å². The number of nitrogens with zero attached hydrogens (tertiary/aromatic N) is 1. The standard InChI is InChI=1S/C12H16BrNO4S/c1-8-4-5-10(13)11(6-8)19(17,18)14(3)7-9(2)12(15)16/h4-6,9H,7H2,1-3H3,(H,15,16). The van der Waals surface area contributed by atoms with Crippen LogP contribution in [0.15, 0.2) is 27.6 Å². The summed E-state index contributed by atoms with van der Waals surface area (Å²) in [5.41, 5.74) is 0.821. The van der Waals surface area contributed by atoms with Crippen LogP contribution < -0.4 is 0 Å². The van der Waals surface area contributed by atoms with Gasteiger partial charge in [-0.05, 0) is 40.5 Å². The lowest BCUT2D eigenvalue weighted by Gasteiger charge is -2.20. The smallest absolute Gasteiger partial charge is 0.307 e. The van der Waals surface area contributed by atoms with Crippen molar-refractivity contribution in [3.8, 4) is 0 Å². The van der Waals surface area contributed by atoms with Gasteiger partial charge in [0, 0.05) is 18.1 Å². The Hall–Kier alpha value is -0.920. The fourth-order valence-electron chi connectivity index (χ4n) is 1.54. The summed E-state index contributed by atoms with van der Waals surface area (Å²) in [5.74, 6) is -1.78. The van der Waals surface area contributed by atoms with Gasteiger partial charge in [0.25, 0.3) is 0 Å². The molecule has 0 aliphatic rings. The molecule has 0 heterocycles. The Balaban J connectivity index is 3.10. The van der Waals surface area contributed by atoms with Crippen molar-refractivity contribution in [3.63, 3.8) is 0 Å². The van der Waals surface area contributed by atoms with Crippen LogP contribution in [0.4, 0.5) is 0 Å². The molecule has 7 heteroatoms. The van der Waals surface area contributed by atoms with Crippen molar-refractivity contribution in [2.24, 2.45) is 5.92 Å². The SMILES string of the molecule is Cc1ccc(Br)c(S(=O)(=O)N(C)CC(C)C(=O)O)c1. The molecule has 1 atom stereocenters. The summed E-state index contributed by atoms with van der Waals surface area (Å²) in [6.07, 6.45) is 0. The second kappa shape index (κ2) is 6.02. The first kappa shape index (κ1) is 16.1. The van der Waals surface area contributed by atoms with Crippen molar-refractivity contribution < 1.29 is 18.3 Å². The van der Waals surface area contributed by atoms with Crippen LogP contribution in [0, 0.1) is 12.8 Å². The zero-order valence-electron chi connectivity index (χ0n) is 10.9. The van der Waals surface area contributed by atoms with Gasteiger partial charge in [0.05, 0.1) is 10.8 Å². The van der Waals surface area contributed by atoms with Gasteiger partial charge in [-0.2, -0.15) is 0 Å². The van der Waals surface area contributed by atoms with Crippen molar-refractivity contribution in [1.29, 1.82) is 0 Å². The van der Waals surface area contributed by atoms with Crippen LogP contribution in [-0.4, -0.2) is 37.4 Å². The number of carboxylic acids is 1. The minimum Gasteiger partial charge on any atom is -0.481 e. The van der Waals surface area contributed by atoms with E-state index in [0.717, 1.165) is 9.87 Å². The predicted molar refractivity (Wildman–Crippen MR) is 75.5 cm³/mol. The molecular formula is C12H16BrNO4S. The highest BCUT2D eigenvalue weighted by atomic mass is 79.9. The zero-order valence-corrected chi connectivity index (χ0v) is 13.3. The molecule has 19 heavy (non-hydrogen) atoms. The van der Waals surface area contributed by atoms with Gasteiger partial charge in [-0.25, -0.2) is 12.7 Å². The first-order valence-electron chi connectivity index (χ1n) is 5.61. The number of carboxylic acid groups (broad SMARTS) is 1. The molecule has 5 nitrogen and oxygen atoms in total. The molecule has 0 aliphatic heterocycles. The van der Waals surface area contributed by atoms with E-state index in [2.05, 4.69) is 15.9 Å². The number of benzene rings is 1. The summed E-state index contributed by atoms with van der Waals surface area (Å²) < 4.78 is 26.3. The first-order valence-corrected chi connectivity index (χ1v) is 7.85. The topological polar surface area (TPSA) is 74.7 Å². The van der Waals surface area contributed by atoms with Crippen molar-refractivity contribution >= 4 is 31.9 Å². The molecule has 0 saturated carbocycles. The normalized spacial score (nSPS) is 13.5. The summed E-state index contributed by atoms with van der Waals surface area (Å²) in [5, 5.41) is 8.84. The molecule has 0 amide bonds. The van der Waals surface area contributed by atoms with Crippen molar-refractivity contribution in [3.05, 3.63) is 28.2 Å². The molecule has 106 valence electrons. The van der Waals surface area contributed by atoms with Gasteiger partial charge in [0.2, 0.25) is 10.0 Å². The summed E-state index contributed by atoms with van der Waals surface area (Å²) in [6.45, 7) is 3.20. The van der Waals surface area contributed by atoms with Crippen LogP contribution in [0.1, 0.15) is 12.5 Å². The van der Waals surface area contributed by atoms with E-state index in [1.165, 1.54) is 14.0 Å². The maximum absolute atomic E-state index is 12.4. The van der Waals surface area contributed by atoms with E-state index in [1.54, 1.807) is 25.1 Å². The van der Waals surface area contributed by atoms with E-state index >= 15 is 0 Å². The summed E-state index contributed by atoms with van der Waals surface area (Å²) in [4.78, 5) is 10.9. The van der Waals surface area contributed by atoms with Crippen LogP contribution in [-0.2, 0) is 14.8 Å². The van der Waals surface area contributed by atoms with E-state index in [4.69, 9.17) is 5.11 Å². The Morgan fingerprint density at radius 2 is 2.05 bits per heavy atom. The van der Waals surface area contributed by atoms with Gasteiger partial charge < -0.3 is 5.11 Å². The lowest BCUT2D eigenvalue weighted by Crippen LogP contribution is -2.33. The number of aryl methyl sites for hydroxylation is 1. The Kier molecular flexibility index (Phi) is 5.11. The molecule has 1 aromatic carbocycles. The number of hydrogen-bond donors (Lipinski definition) is 1. The van der Waals surface area contributed by atoms with Crippen molar-refractivity contribution in [1.82, 2.24) is 4.31 Å². The number of hydrogen-bond acceptors (Lipinski definition) is 3. The van der Waals surface area contributed by atoms with Gasteiger partial charge in [0.1, 0.15) is 0 Å². The van der Waals surface area contributed by atoms with E-state index in [9.17, 15) is 13.2 Å². The largest absolute Gasteiger partial charge is 0.481 e. The van der Waals surface area contributed by atoms with E-state index in [0.29, 0.717) is 4.47 Å². The van der Waals surface area contributed by atoms with Crippen LogP contribution >= 0.6 is 15.9 Å². The molecule has 1 aromatic rings. The van der Waals surface area contributed by atoms with E-state index < -0.39 is 21.9 Å². The number of aliphatic carboxylic acids is 1. The van der Waals surface area contributed by atoms with E-state index in [1.807, 2.05) is 0 Å². The number of carbonyl (C=O) groups is 1. The minimum atomic E-state index is -3.70. The third-order valence-electron chi connectivity index (χ3n) is 2.73. The van der Waals surface area contributed by atoms with Crippen molar-refractivity contribution in [2.75, 3.05) is 13.6 Å². The van der Waals surface area contributed by atoms with Crippen LogP contribution in [0.5, 0.6) is 0 Å². The molecule has 0 fully saturated rings. The van der Waals surface area contributed by atoms with Crippen molar-refractivity contribution in [2.45, 2.75) is 18.7 Å². The van der Waals surface area contributed by atoms with Gasteiger partial charge in [-0.1, -0.05) is 13.0 Å². The lowest BCUT2D eigenvalue weighted by atomic mass is 10.2. The molecule has 0 aliphatic carbocycles. The Bertz CT molecular complexity index is 585. The summed E-state index contributed by atoms with van der Waals surface area (Å²) in [6, 6.07) is 5.01. The second-order valence-corrected chi connectivity index (χ2v) is 7.33. The maximum Gasteiger partial charge on any atom is 0.307 e. The molecule has 0 spiro atoms. The van der Waals surface area contributed by atoms with Crippen LogP contribution in [0.25, 0.3) is 0 Å². The lowest BCUT2D eigenvalue weighted by molar-refractivity contribution is -0.141. The third kappa shape index (κ3) is 3.77. The highest BCUT2D eigenvalue weighted by Gasteiger charge is 2.26. The molecular weight excluding hydrogens is 334 g/mol. The average molecular weight is 350 g/mol. The monoisotopic (exact) mass is 349 g/mol. The van der Waals surface area contributed by atoms with Crippen LogP contribution in [0.3, 0.4) is 0 Å². The average Bonchev–Trinajstić information content (AvgIpc) is 2.31. The fourth-order valence-corrected chi connectivity index (χ4v) is 3.80. The Morgan fingerprint density at radius 3 is 2.58 bits per heavy atom. The molecule has 0 radical (unpaired) electrons. The number of halogens is 1. The number of rotatable bonds is 5. The van der Waals surface area contributed by atoms with Gasteiger partial charge in [0.15, 0.2) is 0 Å². The Labute approximate surface area is 121 Å². The first-order chi connectivity index (χ1) is 8.66. The van der Waals surface area contributed by atoms with Gasteiger partial charge in [-0.3, -0.25) is 4.79 Å². The zero-order chi connectivity index (χ0) is 14.8. The number of sulfonamides is 1. The Morgan fingerprint density at radius 1 is 1.47 bits per heavy atom. The van der Waals surface area contributed by atoms with Crippen LogP contribution in [0.2, 0.25) is 0 Å². The van der Waals surface area contributed by atoms with E-state index in [-0.39, 0.29) is 11.4 Å². The minimum absolute atomic E-state index is 0.0714. The molecule has 0 saturated heterocycles. The fraction of sp³-hybridized carbons (Fsp3) is 0.417. The quantitative estimate of drug-likeness (QED) is 0.883. The highest BCUT2D eigenvalue weighted by Crippen LogP contribution is 2.25. The molecule has 1 rings (SSSR count). The third-order valence-corrected chi connectivity index (χ3v) is 5.54. The summed E-state index contributed by atoms with van der Waals surface area (Å²) >= 11 is 3.21. The second-order valence-electron chi connectivity index (χ2n) is 4.46. The molecule has 1 N–H and O–H groups in total. The highest BCUT2D eigenvalue weighted by molar-refractivity contribution is 9.10. The maximum atomic E-state index is 12.4. The summed E-state index contributed by atoms with van der Waals surface area (Å²) in [7, 11) is -2.32. The molecule has 0 bridgehead atoms.